The molecule has 0 aromatic carbocycles. The van der Waals surface area contributed by atoms with Crippen molar-refractivity contribution in [1.82, 2.24) is 19.7 Å². The summed E-state index contributed by atoms with van der Waals surface area (Å²) in [4.78, 5) is 18.8. The summed E-state index contributed by atoms with van der Waals surface area (Å²) in [7, 11) is 3.54. The summed E-state index contributed by atoms with van der Waals surface area (Å²) in [6.07, 6.45) is 2.07. The van der Waals surface area contributed by atoms with Crippen LogP contribution in [0.5, 0.6) is 5.88 Å². The Hall–Kier alpha value is -1.93. The molecule has 0 saturated carbocycles. The fraction of sp³-hybridized carbons (Fsp3) is 0.562. The molecule has 0 radical (unpaired) electrons. The van der Waals surface area contributed by atoms with Crippen LogP contribution >= 0.6 is 11.3 Å². The fourth-order valence-corrected chi connectivity index (χ4v) is 4.08. The number of nitrogens with zero attached hydrogens (tertiary/aromatic N) is 4. The zero-order chi connectivity index (χ0) is 17.3. The average molecular weight is 349 g/mol. The van der Waals surface area contributed by atoms with Crippen molar-refractivity contribution in [1.29, 1.82) is 0 Å². The van der Waals surface area contributed by atoms with Gasteiger partial charge in [0, 0.05) is 18.5 Å². The second-order valence-electron chi connectivity index (χ2n) is 6.10. The molecule has 2 aromatic rings. The molecule has 1 aliphatic rings. The van der Waals surface area contributed by atoms with Crippen LogP contribution in [0, 0.1) is 13.8 Å². The van der Waals surface area contributed by atoms with Crippen molar-refractivity contribution in [3.8, 4) is 5.88 Å². The van der Waals surface area contributed by atoms with E-state index in [1.165, 1.54) is 11.3 Å². The summed E-state index contributed by atoms with van der Waals surface area (Å²) in [5.41, 5.74) is 2.97. The van der Waals surface area contributed by atoms with Gasteiger partial charge in [0.1, 0.15) is 0 Å². The van der Waals surface area contributed by atoms with Gasteiger partial charge in [-0.3, -0.25) is 9.69 Å². The number of carbonyl (C=O) groups is 1. The minimum absolute atomic E-state index is 0.0308. The molecule has 24 heavy (non-hydrogen) atoms. The van der Waals surface area contributed by atoms with Crippen LogP contribution < -0.4 is 10.1 Å². The third-order valence-corrected chi connectivity index (χ3v) is 5.19. The lowest BCUT2D eigenvalue weighted by Gasteiger charge is -2.24. The van der Waals surface area contributed by atoms with Gasteiger partial charge in [-0.2, -0.15) is 5.10 Å². The number of thiazole rings is 1. The van der Waals surface area contributed by atoms with Crippen molar-refractivity contribution in [3.63, 3.8) is 0 Å². The highest BCUT2D eigenvalue weighted by molar-refractivity contribution is 7.13. The Morgan fingerprint density at radius 2 is 2.29 bits per heavy atom. The molecule has 0 unspecified atom stereocenters. The Morgan fingerprint density at radius 3 is 2.96 bits per heavy atom. The molecule has 1 amide bonds. The highest BCUT2D eigenvalue weighted by Crippen LogP contribution is 2.38. The van der Waals surface area contributed by atoms with E-state index in [4.69, 9.17) is 4.74 Å². The molecule has 8 heteroatoms. The normalized spacial score (nSPS) is 18.1. The molecule has 3 rings (SSSR count). The third-order valence-electron chi connectivity index (χ3n) is 4.32. The zero-order valence-corrected chi connectivity index (χ0v) is 15.3. The molecule has 0 aliphatic carbocycles. The molecule has 3 heterocycles. The number of hydrogen-bond donors (Lipinski definition) is 1. The fourth-order valence-electron chi connectivity index (χ4n) is 3.38. The van der Waals surface area contributed by atoms with Gasteiger partial charge in [-0.05, 0) is 33.2 Å². The van der Waals surface area contributed by atoms with Gasteiger partial charge < -0.3 is 10.1 Å². The molecular weight excluding hydrogens is 326 g/mol. The van der Waals surface area contributed by atoms with Crippen LogP contribution in [-0.2, 0) is 11.8 Å². The minimum atomic E-state index is -0.0308. The number of hydrogen-bond acceptors (Lipinski definition) is 6. The number of likely N-dealkylation sites (tertiary alicyclic amines) is 1. The predicted octanol–water partition coefficient (Wildman–Crippen LogP) is 2.28. The van der Waals surface area contributed by atoms with E-state index >= 15 is 0 Å². The van der Waals surface area contributed by atoms with Gasteiger partial charge in [0.25, 0.3) is 0 Å². The van der Waals surface area contributed by atoms with E-state index in [1.54, 1.807) is 11.8 Å². The lowest BCUT2D eigenvalue weighted by molar-refractivity contribution is -0.117. The number of aromatic nitrogens is 3. The van der Waals surface area contributed by atoms with Crippen LogP contribution in [0.1, 0.15) is 35.8 Å². The quantitative estimate of drug-likeness (QED) is 0.896. The van der Waals surface area contributed by atoms with E-state index in [-0.39, 0.29) is 11.9 Å². The smallest absolute Gasteiger partial charge is 0.240 e. The SMILES string of the molecule is COc1c([C@H]2CCCN2CC(=O)Nc2nc(C)cs2)c(C)nn1C. The summed E-state index contributed by atoms with van der Waals surface area (Å²) >= 11 is 1.45. The number of anilines is 1. The average Bonchev–Trinajstić information content (AvgIpc) is 3.19. The number of amides is 1. The highest BCUT2D eigenvalue weighted by atomic mass is 32.1. The van der Waals surface area contributed by atoms with Crippen molar-refractivity contribution < 1.29 is 9.53 Å². The number of methoxy groups -OCH3 is 1. The van der Waals surface area contributed by atoms with E-state index in [0.29, 0.717) is 11.7 Å². The number of nitrogens with one attached hydrogen (secondary N) is 1. The van der Waals surface area contributed by atoms with E-state index in [2.05, 4.69) is 20.3 Å². The molecule has 1 saturated heterocycles. The first-order chi connectivity index (χ1) is 11.5. The third kappa shape index (κ3) is 3.29. The van der Waals surface area contributed by atoms with Gasteiger partial charge in [-0.25, -0.2) is 9.67 Å². The standard InChI is InChI=1S/C16H23N5O2S/c1-10-9-24-16(17-10)18-13(22)8-21-7-5-6-12(21)14-11(2)19-20(3)15(14)23-4/h9,12H,5-8H2,1-4H3,(H,17,18,22)/t12-/m1/s1. The van der Waals surface area contributed by atoms with E-state index < -0.39 is 0 Å². The Morgan fingerprint density at radius 1 is 1.50 bits per heavy atom. The molecule has 1 fully saturated rings. The number of rotatable bonds is 5. The Bertz CT molecular complexity index is 739. The Labute approximate surface area is 145 Å². The van der Waals surface area contributed by atoms with Crippen LogP contribution in [0.2, 0.25) is 0 Å². The number of aryl methyl sites for hydroxylation is 3. The van der Waals surface area contributed by atoms with E-state index in [0.717, 1.165) is 42.2 Å². The van der Waals surface area contributed by atoms with Crippen LogP contribution in [-0.4, -0.2) is 45.8 Å². The van der Waals surface area contributed by atoms with Gasteiger partial charge in [0.05, 0.1) is 30.6 Å². The molecule has 0 spiro atoms. The van der Waals surface area contributed by atoms with Gasteiger partial charge >= 0.3 is 0 Å². The van der Waals surface area contributed by atoms with Crippen LogP contribution in [0.25, 0.3) is 0 Å². The maximum absolute atomic E-state index is 12.4. The van der Waals surface area contributed by atoms with E-state index in [9.17, 15) is 4.79 Å². The second-order valence-corrected chi connectivity index (χ2v) is 6.96. The molecule has 1 N–H and O–H groups in total. The Balaban J connectivity index is 1.73. The summed E-state index contributed by atoms with van der Waals surface area (Å²) in [6, 6.07) is 0.164. The van der Waals surface area contributed by atoms with Crippen molar-refractivity contribution in [3.05, 3.63) is 22.3 Å². The van der Waals surface area contributed by atoms with Crippen molar-refractivity contribution in [2.75, 3.05) is 25.5 Å². The summed E-state index contributed by atoms with van der Waals surface area (Å²) in [6.45, 7) is 5.15. The predicted molar refractivity (Wildman–Crippen MR) is 93.5 cm³/mol. The first-order valence-electron chi connectivity index (χ1n) is 8.03. The topological polar surface area (TPSA) is 72.3 Å². The monoisotopic (exact) mass is 349 g/mol. The summed E-state index contributed by atoms with van der Waals surface area (Å²) in [5.74, 6) is 0.747. The van der Waals surface area contributed by atoms with Gasteiger partial charge in [0.15, 0.2) is 5.13 Å². The van der Waals surface area contributed by atoms with Gasteiger partial charge in [-0.1, -0.05) is 0 Å². The molecule has 1 atom stereocenters. The molecule has 1 aliphatic heterocycles. The zero-order valence-electron chi connectivity index (χ0n) is 14.5. The van der Waals surface area contributed by atoms with Crippen LogP contribution in [0.4, 0.5) is 5.13 Å². The van der Waals surface area contributed by atoms with Crippen LogP contribution in [0.15, 0.2) is 5.38 Å². The lowest BCUT2D eigenvalue weighted by atomic mass is 10.1. The van der Waals surface area contributed by atoms with Crippen LogP contribution in [0.3, 0.4) is 0 Å². The molecule has 130 valence electrons. The number of carbonyl (C=O) groups excluding carboxylic acids is 1. The van der Waals surface area contributed by atoms with Gasteiger partial charge in [-0.15, -0.1) is 11.3 Å². The van der Waals surface area contributed by atoms with Crippen molar-refractivity contribution >= 4 is 22.4 Å². The molecule has 0 bridgehead atoms. The number of ether oxygens (including phenoxy) is 1. The molecule has 2 aromatic heterocycles. The minimum Gasteiger partial charge on any atom is -0.481 e. The first kappa shape index (κ1) is 16.9. The first-order valence-corrected chi connectivity index (χ1v) is 8.91. The van der Waals surface area contributed by atoms with E-state index in [1.807, 2.05) is 26.3 Å². The Kier molecular flexibility index (Phi) is 4.86. The highest BCUT2D eigenvalue weighted by Gasteiger charge is 2.33. The summed E-state index contributed by atoms with van der Waals surface area (Å²) < 4.78 is 7.29. The van der Waals surface area contributed by atoms with Gasteiger partial charge in [0.2, 0.25) is 11.8 Å². The molecular formula is C16H23N5O2S. The largest absolute Gasteiger partial charge is 0.481 e. The van der Waals surface area contributed by atoms with Crippen molar-refractivity contribution in [2.45, 2.75) is 32.7 Å². The molecule has 7 nitrogen and oxygen atoms in total. The van der Waals surface area contributed by atoms with Crippen molar-refractivity contribution in [2.24, 2.45) is 7.05 Å². The lowest BCUT2D eigenvalue weighted by Crippen LogP contribution is -2.33. The second kappa shape index (κ2) is 6.90. The maximum Gasteiger partial charge on any atom is 0.240 e. The maximum atomic E-state index is 12.4. The summed E-state index contributed by atoms with van der Waals surface area (Å²) in [5, 5.41) is 9.94.